The van der Waals surface area contributed by atoms with Gasteiger partial charge in [0.1, 0.15) is 28.0 Å². The molecule has 0 atom stereocenters. The van der Waals surface area contributed by atoms with E-state index in [0.29, 0.717) is 39.3 Å². The molecule has 0 unspecified atom stereocenters. The first kappa shape index (κ1) is 25.9. The number of aromatic nitrogens is 2. The Balaban J connectivity index is 1.39. The summed E-state index contributed by atoms with van der Waals surface area (Å²) in [5, 5.41) is 12.8. The SMILES string of the molecule is N#Cc1ccccc1-c1nc(-c2cccc3oc4c(-c5ccccc5)cc(-c5ccccc5)cc4c23)nc2c1oc1ccccc12. The topological polar surface area (TPSA) is 75.8 Å². The average Bonchev–Trinajstić information content (AvgIpc) is 3.70. The van der Waals surface area contributed by atoms with Crippen molar-refractivity contribution < 1.29 is 8.83 Å². The number of hydrogen-bond acceptors (Lipinski definition) is 5. The Morgan fingerprint density at radius 3 is 2.00 bits per heavy atom. The fraction of sp³-hybridized carbons (Fsp3) is 0. The Morgan fingerprint density at radius 2 is 1.17 bits per heavy atom. The number of nitrogens with zero attached hydrogens (tertiary/aromatic N) is 3. The molecule has 9 rings (SSSR count). The molecule has 46 heavy (non-hydrogen) atoms. The van der Waals surface area contributed by atoms with E-state index in [2.05, 4.69) is 54.6 Å². The average molecular weight is 590 g/mol. The summed E-state index contributed by atoms with van der Waals surface area (Å²) in [6, 6.07) is 48.8. The first-order valence-corrected chi connectivity index (χ1v) is 15.1. The molecule has 0 saturated heterocycles. The maximum Gasteiger partial charge on any atom is 0.180 e. The third kappa shape index (κ3) is 4.02. The minimum Gasteiger partial charge on any atom is -0.455 e. The molecule has 0 bridgehead atoms. The van der Waals surface area contributed by atoms with Crippen molar-refractivity contribution in [3.63, 3.8) is 0 Å². The molecule has 0 saturated carbocycles. The molecule has 0 aliphatic heterocycles. The highest BCUT2D eigenvalue weighted by molar-refractivity contribution is 6.17. The molecule has 0 radical (unpaired) electrons. The number of furan rings is 2. The van der Waals surface area contributed by atoms with Gasteiger partial charge in [0.15, 0.2) is 11.4 Å². The monoisotopic (exact) mass is 589 g/mol. The van der Waals surface area contributed by atoms with Gasteiger partial charge in [-0.3, -0.25) is 0 Å². The molecule has 0 fully saturated rings. The zero-order valence-electron chi connectivity index (χ0n) is 24.4. The minimum absolute atomic E-state index is 0.515. The van der Waals surface area contributed by atoms with E-state index in [9.17, 15) is 5.26 Å². The van der Waals surface area contributed by atoms with Crippen LogP contribution in [0.25, 0.3) is 88.9 Å². The Labute approximate surface area is 263 Å². The van der Waals surface area contributed by atoms with Gasteiger partial charge in [-0.25, -0.2) is 9.97 Å². The van der Waals surface area contributed by atoms with E-state index >= 15 is 0 Å². The van der Waals surface area contributed by atoms with E-state index < -0.39 is 0 Å². The van der Waals surface area contributed by atoms with E-state index in [1.54, 1.807) is 6.07 Å². The molecule has 0 aliphatic rings. The summed E-state index contributed by atoms with van der Waals surface area (Å²) >= 11 is 0. The maximum absolute atomic E-state index is 10.0. The van der Waals surface area contributed by atoms with Gasteiger partial charge in [0.25, 0.3) is 0 Å². The molecule has 5 heteroatoms. The van der Waals surface area contributed by atoms with E-state index in [0.717, 1.165) is 55.1 Å². The lowest BCUT2D eigenvalue weighted by Gasteiger charge is -2.10. The Morgan fingerprint density at radius 1 is 0.500 bits per heavy atom. The van der Waals surface area contributed by atoms with Crippen LogP contribution in [-0.2, 0) is 0 Å². The van der Waals surface area contributed by atoms with Crippen molar-refractivity contribution in [3.05, 3.63) is 145 Å². The van der Waals surface area contributed by atoms with Crippen LogP contribution in [0.2, 0.25) is 0 Å². The van der Waals surface area contributed by atoms with Gasteiger partial charge in [-0.2, -0.15) is 5.26 Å². The highest BCUT2D eigenvalue weighted by Gasteiger charge is 2.23. The van der Waals surface area contributed by atoms with Crippen LogP contribution in [0.1, 0.15) is 5.56 Å². The van der Waals surface area contributed by atoms with Crippen LogP contribution < -0.4 is 0 Å². The van der Waals surface area contributed by atoms with Crippen LogP contribution >= 0.6 is 0 Å². The molecule has 3 heterocycles. The number of para-hydroxylation sites is 1. The number of fused-ring (bicyclic) bond motifs is 6. The lowest BCUT2D eigenvalue weighted by molar-refractivity contribution is 0.667. The minimum atomic E-state index is 0.515. The lowest BCUT2D eigenvalue weighted by Crippen LogP contribution is -1.96. The van der Waals surface area contributed by atoms with Crippen LogP contribution in [0, 0.1) is 11.3 Å². The van der Waals surface area contributed by atoms with Gasteiger partial charge in [0.05, 0.1) is 11.6 Å². The van der Waals surface area contributed by atoms with Gasteiger partial charge in [-0.1, -0.05) is 103 Å². The summed E-state index contributed by atoms with van der Waals surface area (Å²) < 4.78 is 13.0. The first-order chi connectivity index (χ1) is 22.8. The van der Waals surface area contributed by atoms with Crippen LogP contribution in [-0.4, -0.2) is 9.97 Å². The van der Waals surface area contributed by atoms with Crippen molar-refractivity contribution in [2.75, 3.05) is 0 Å². The van der Waals surface area contributed by atoms with E-state index in [4.69, 9.17) is 18.8 Å². The van der Waals surface area contributed by atoms with Crippen LogP contribution in [0.3, 0.4) is 0 Å². The van der Waals surface area contributed by atoms with Crippen LogP contribution in [0.5, 0.6) is 0 Å². The van der Waals surface area contributed by atoms with Crippen molar-refractivity contribution in [1.29, 1.82) is 5.26 Å². The highest BCUT2D eigenvalue weighted by Crippen LogP contribution is 2.44. The predicted molar refractivity (Wildman–Crippen MR) is 183 cm³/mol. The number of nitriles is 1. The van der Waals surface area contributed by atoms with Crippen molar-refractivity contribution >= 4 is 44.0 Å². The van der Waals surface area contributed by atoms with Gasteiger partial charge >= 0.3 is 0 Å². The molecular weight excluding hydrogens is 566 g/mol. The van der Waals surface area contributed by atoms with Gasteiger partial charge < -0.3 is 8.83 Å². The Kier molecular flexibility index (Phi) is 5.81. The van der Waals surface area contributed by atoms with E-state index in [1.807, 2.05) is 84.9 Å². The summed E-state index contributed by atoms with van der Waals surface area (Å²) in [5.74, 6) is 0.529. The molecule has 3 aromatic heterocycles. The lowest BCUT2D eigenvalue weighted by atomic mass is 9.95. The number of hydrogen-bond donors (Lipinski definition) is 0. The standard InChI is InChI=1S/C41H23N3O2/c42-24-27-16-7-8-17-29(27)37-40-38(30-18-9-10-20-34(30)45-40)44-41(43-37)31-19-11-21-35-36(31)33-23-28(25-12-3-1-4-13-25)22-32(39(33)46-35)26-14-5-2-6-15-26/h1-23H. The highest BCUT2D eigenvalue weighted by atomic mass is 16.3. The first-order valence-electron chi connectivity index (χ1n) is 15.1. The third-order valence-corrected chi connectivity index (χ3v) is 8.55. The summed E-state index contributed by atoms with van der Waals surface area (Å²) in [7, 11) is 0. The smallest absolute Gasteiger partial charge is 0.180 e. The molecule has 0 spiro atoms. The van der Waals surface area contributed by atoms with Gasteiger partial charge in [-0.05, 0) is 53.1 Å². The zero-order chi connectivity index (χ0) is 30.6. The molecule has 9 aromatic rings. The van der Waals surface area contributed by atoms with E-state index in [-0.39, 0.29) is 0 Å². The van der Waals surface area contributed by atoms with Crippen molar-refractivity contribution in [2.24, 2.45) is 0 Å². The molecule has 0 amide bonds. The van der Waals surface area contributed by atoms with Gasteiger partial charge in [-0.15, -0.1) is 0 Å². The largest absolute Gasteiger partial charge is 0.455 e. The van der Waals surface area contributed by atoms with Gasteiger partial charge in [0.2, 0.25) is 0 Å². The van der Waals surface area contributed by atoms with Crippen molar-refractivity contribution in [2.45, 2.75) is 0 Å². The second-order valence-corrected chi connectivity index (χ2v) is 11.2. The quantitative estimate of drug-likeness (QED) is 0.204. The molecule has 0 aliphatic carbocycles. The predicted octanol–water partition coefficient (Wildman–Crippen LogP) is 10.8. The Hall–Kier alpha value is -6.51. The third-order valence-electron chi connectivity index (χ3n) is 8.55. The summed E-state index contributed by atoms with van der Waals surface area (Å²) in [5.41, 5.74) is 10.4. The van der Waals surface area contributed by atoms with Crippen molar-refractivity contribution in [1.82, 2.24) is 9.97 Å². The second kappa shape index (κ2) is 10.3. The normalized spacial score (nSPS) is 11.5. The fourth-order valence-electron chi connectivity index (χ4n) is 6.43. The zero-order valence-corrected chi connectivity index (χ0v) is 24.4. The summed E-state index contributed by atoms with van der Waals surface area (Å²) in [4.78, 5) is 10.3. The molecule has 214 valence electrons. The van der Waals surface area contributed by atoms with Crippen molar-refractivity contribution in [3.8, 4) is 51.0 Å². The van der Waals surface area contributed by atoms with Crippen LogP contribution in [0.4, 0.5) is 0 Å². The van der Waals surface area contributed by atoms with Crippen LogP contribution in [0.15, 0.2) is 148 Å². The number of rotatable bonds is 4. The molecular formula is C41H23N3O2. The maximum atomic E-state index is 10.0. The summed E-state index contributed by atoms with van der Waals surface area (Å²) in [6.07, 6.45) is 0. The molecule has 0 N–H and O–H groups in total. The molecule has 5 nitrogen and oxygen atoms in total. The second-order valence-electron chi connectivity index (χ2n) is 11.2. The summed E-state index contributed by atoms with van der Waals surface area (Å²) in [6.45, 7) is 0. The fourth-order valence-corrected chi connectivity index (χ4v) is 6.43. The molecule has 6 aromatic carbocycles. The van der Waals surface area contributed by atoms with E-state index in [1.165, 1.54) is 0 Å². The Bertz CT molecular complexity index is 2650. The number of benzene rings is 6. The van der Waals surface area contributed by atoms with Gasteiger partial charge in [0, 0.05) is 32.8 Å².